The molecule has 1 heterocycles. The predicted molar refractivity (Wildman–Crippen MR) is 103 cm³/mol. The third-order valence-electron chi connectivity index (χ3n) is 4.95. The molecule has 1 fully saturated rings. The van der Waals surface area contributed by atoms with Crippen LogP contribution in [-0.4, -0.2) is 37.0 Å². The van der Waals surface area contributed by atoms with E-state index < -0.39 is 0 Å². The summed E-state index contributed by atoms with van der Waals surface area (Å²) in [6, 6.07) is 20.6. The molecule has 0 aromatic heterocycles. The number of benzene rings is 2. The molecule has 1 saturated heterocycles. The zero-order valence-corrected chi connectivity index (χ0v) is 15.2. The van der Waals surface area contributed by atoms with Crippen LogP contribution < -0.4 is 5.32 Å². The lowest BCUT2D eigenvalue weighted by atomic mass is 9.90. The third-order valence-corrected chi connectivity index (χ3v) is 4.95. The fourth-order valence-corrected chi connectivity index (χ4v) is 3.41. The highest BCUT2D eigenvalue weighted by molar-refractivity contribution is 5.14. The van der Waals surface area contributed by atoms with Gasteiger partial charge in [-0.25, -0.2) is 0 Å². The number of aliphatic hydroxyl groups excluding tert-OH is 1. The molecule has 1 aliphatic heterocycles. The van der Waals surface area contributed by atoms with E-state index in [1.54, 1.807) is 0 Å². The molecule has 0 aliphatic carbocycles. The zero-order chi connectivity index (χ0) is 18.0. The Kier molecular flexibility index (Phi) is 7.65. The molecule has 140 valence electrons. The van der Waals surface area contributed by atoms with Gasteiger partial charge in [-0.1, -0.05) is 60.7 Å². The van der Waals surface area contributed by atoms with Crippen molar-refractivity contribution in [1.82, 2.24) is 5.32 Å². The van der Waals surface area contributed by atoms with Crippen LogP contribution in [0, 0.1) is 5.92 Å². The minimum absolute atomic E-state index is 0.0340. The van der Waals surface area contributed by atoms with Crippen molar-refractivity contribution in [3.05, 3.63) is 71.8 Å². The second-order valence-corrected chi connectivity index (χ2v) is 6.97. The van der Waals surface area contributed by atoms with Crippen LogP contribution in [0.5, 0.6) is 0 Å². The van der Waals surface area contributed by atoms with Crippen LogP contribution in [0.3, 0.4) is 0 Å². The molecule has 3 rings (SSSR count). The number of piperidine rings is 1. The van der Waals surface area contributed by atoms with Crippen LogP contribution in [0.15, 0.2) is 60.7 Å². The van der Waals surface area contributed by atoms with Crippen LogP contribution in [0.1, 0.15) is 24.0 Å². The summed E-state index contributed by atoms with van der Waals surface area (Å²) < 4.78 is 12.2. The Bertz CT molecular complexity index is 620. The van der Waals surface area contributed by atoms with Crippen LogP contribution in [0.25, 0.3) is 0 Å². The molecule has 3 atom stereocenters. The molecule has 0 bridgehead atoms. The third kappa shape index (κ3) is 5.92. The first-order valence-electron chi connectivity index (χ1n) is 9.46. The van der Waals surface area contributed by atoms with Crippen molar-refractivity contribution in [3.63, 3.8) is 0 Å². The fraction of sp³-hybridized carbons (Fsp3) is 0.455. The van der Waals surface area contributed by atoms with E-state index in [0.717, 1.165) is 24.9 Å². The highest BCUT2D eigenvalue weighted by Crippen LogP contribution is 2.20. The number of hydrogen-bond acceptors (Lipinski definition) is 4. The lowest BCUT2D eigenvalue weighted by molar-refractivity contribution is -0.0564. The van der Waals surface area contributed by atoms with Gasteiger partial charge in [-0.15, -0.1) is 0 Å². The Morgan fingerprint density at radius 3 is 2.27 bits per heavy atom. The van der Waals surface area contributed by atoms with Gasteiger partial charge in [0.05, 0.1) is 25.9 Å². The molecule has 26 heavy (non-hydrogen) atoms. The maximum Gasteiger partial charge on any atom is 0.0965 e. The van der Waals surface area contributed by atoms with E-state index >= 15 is 0 Å². The van der Waals surface area contributed by atoms with Crippen LogP contribution in [0.2, 0.25) is 0 Å². The number of rotatable bonds is 9. The van der Waals surface area contributed by atoms with E-state index in [4.69, 9.17) is 9.47 Å². The van der Waals surface area contributed by atoms with Crippen molar-refractivity contribution < 1.29 is 14.6 Å². The Hall–Kier alpha value is -1.72. The number of nitrogens with one attached hydrogen (secondary N) is 1. The normalized spacial score (nSPS) is 21.4. The summed E-state index contributed by atoms with van der Waals surface area (Å²) in [5, 5.41) is 13.1. The van der Waals surface area contributed by atoms with E-state index in [-0.39, 0.29) is 18.8 Å². The van der Waals surface area contributed by atoms with Gasteiger partial charge >= 0.3 is 0 Å². The van der Waals surface area contributed by atoms with Crippen LogP contribution >= 0.6 is 0 Å². The fourth-order valence-electron chi connectivity index (χ4n) is 3.41. The quantitative estimate of drug-likeness (QED) is 0.726. The summed E-state index contributed by atoms with van der Waals surface area (Å²) in [7, 11) is 0. The molecule has 1 aliphatic rings. The smallest absolute Gasteiger partial charge is 0.0965 e. The Morgan fingerprint density at radius 1 is 0.962 bits per heavy atom. The number of aliphatic hydroxyl groups is 1. The van der Waals surface area contributed by atoms with E-state index in [2.05, 4.69) is 29.6 Å². The van der Waals surface area contributed by atoms with Gasteiger partial charge < -0.3 is 19.9 Å². The molecule has 4 heteroatoms. The SMILES string of the molecule is OCC1CCN[C@@H]([C@@H](COCc2ccccc2)OCc2ccccc2)C1. The van der Waals surface area contributed by atoms with E-state index in [1.165, 1.54) is 5.56 Å². The van der Waals surface area contributed by atoms with Crippen molar-refractivity contribution in [2.75, 3.05) is 19.8 Å². The molecule has 4 nitrogen and oxygen atoms in total. The summed E-state index contributed by atoms with van der Waals surface area (Å²) in [5.41, 5.74) is 2.33. The first-order chi connectivity index (χ1) is 12.8. The molecule has 0 amide bonds. The van der Waals surface area contributed by atoms with Crippen molar-refractivity contribution in [1.29, 1.82) is 0 Å². The average molecular weight is 355 g/mol. The van der Waals surface area contributed by atoms with Crippen molar-refractivity contribution in [2.45, 2.75) is 38.2 Å². The van der Waals surface area contributed by atoms with Crippen molar-refractivity contribution in [2.24, 2.45) is 5.92 Å². The Balaban J connectivity index is 1.56. The van der Waals surface area contributed by atoms with Gasteiger partial charge in [0.2, 0.25) is 0 Å². The molecule has 2 aromatic carbocycles. The van der Waals surface area contributed by atoms with Gasteiger partial charge in [0.15, 0.2) is 0 Å². The first-order valence-corrected chi connectivity index (χ1v) is 9.46. The maximum absolute atomic E-state index is 9.52. The minimum atomic E-state index is -0.0340. The summed E-state index contributed by atoms with van der Waals surface area (Å²) in [6.07, 6.45) is 1.90. The van der Waals surface area contributed by atoms with Gasteiger partial charge in [0, 0.05) is 12.6 Å². The molecule has 2 aromatic rings. The molecular formula is C22H29NO3. The van der Waals surface area contributed by atoms with Gasteiger partial charge in [-0.3, -0.25) is 0 Å². The van der Waals surface area contributed by atoms with Crippen LogP contribution in [-0.2, 0) is 22.7 Å². The number of ether oxygens (including phenoxy) is 2. The largest absolute Gasteiger partial charge is 0.396 e. The molecule has 0 radical (unpaired) electrons. The lowest BCUT2D eigenvalue weighted by Crippen LogP contribution is -2.49. The predicted octanol–water partition coefficient (Wildman–Crippen LogP) is 3.15. The Morgan fingerprint density at radius 2 is 1.62 bits per heavy atom. The van der Waals surface area contributed by atoms with Gasteiger partial charge in [-0.2, -0.15) is 0 Å². The summed E-state index contributed by atoms with van der Waals surface area (Å²) >= 11 is 0. The maximum atomic E-state index is 9.52. The summed E-state index contributed by atoms with van der Waals surface area (Å²) in [4.78, 5) is 0. The lowest BCUT2D eigenvalue weighted by Gasteiger charge is -2.34. The molecule has 2 N–H and O–H groups in total. The second-order valence-electron chi connectivity index (χ2n) is 6.97. The monoisotopic (exact) mass is 355 g/mol. The topological polar surface area (TPSA) is 50.7 Å². The van der Waals surface area contributed by atoms with Gasteiger partial charge in [0.1, 0.15) is 0 Å². The highest BCUT2D eigenvalue weighted by atomic mass is 16.5. The molecule has 0 spiro atoms. The summed E-state index contributed by atoms with van der Waals surface area (Å²) in [6.45, 7) is 2.86. The van der Waals surface area contributed by atoms with E-state index in [0.29, 0.717) is 25.7 Å². The first kappa shape index (κ1) is 19.1. The second kappa shape index (κ2) is 10.4. The molecule has 0 saturated carbocycles. The zero-order valence-electron chi connectivity index (χ0n) is 15.2. The van der Waals surface area contributed by atoms with Gasteiger partial charge in [-0.05, 0) is 36.4 Å². The molecule has 1 unspecified atom stereocenters. The van der Waals surface area contributed by atoms with Crippen LogP contribution in [0.4, 0.5) is 0 Å². The van der Waals surface area contributed by atoms with Crippen molar-refractivity contribution in [3.8, 4) is 0 Å². The average Bonchev–Trinajstić information content (AvgIpc) is 2.72. The minimum Gasteiger partial charge on any atom is -0.396 e. The highest BCUT2D eigenvalue weighted by Gasteiger charge is 2.28. The number of hydrogen-bond donors (Lipinski definition) is 2. The van der Waals surface area contributed by atoms with Gasteiger partial charge in [0.25, 0.3) is 0 Å². The molecular weight excluding hydrogens is 326 g/mol. The summed E-state index contributed by atoms with van der Waals surface area (Å²) in [5.74, 6) is 0.346. The standard InChI is InChI=1S/C22H29NO3/c24-14-20-11-12-23-21(13-20)22(26-16-19-9-5-2-6-10-19)17-25-15-18-7-3-1-4-8-18/h1-10,20-24H,11-17H2/t20?,21-,22-/m1/s1. The van der Waals surface area contributed by atoms with Crippen molar-refractivity contribution >= 4 is 0 Å². The Labute approximate surface area is 156 Å². The van der Waals surface area contributed by atoms with E-state index in [1.807, 2.05) is 36.4 Å². The van der Waals surface area contributed by atoms with E-state index in [9.17, 15) is 5.11 Å².